The molecule has 0 rings (SSSR count). The lowest BCUT2D eigenvalue weighted by Gasteiger charge is -2.30. The quantitative estimate of drug-likeness (QED) is 0.623. The van der Waals surface area contributed by atoms with Gasteiger partial charge in [0.15, 0.2) is 0 Å². The molecule has 0 aliphatic rings. The van der Waals surface area contributed by atoms with Gasteiger partial charge in [0.1, 0.15) is 0 Å². The largest absolute Gasteiger partial charge is 0.339 e. The Bertz CT molecular complexity index is 188. The highest BCUT2D eigenvalue weighted by Gasteiger charge is 2.24. The van der Waals surface area contributed by atoms with Crippen LogP contribution >= 0.6 is 15.9 Å². The van der Waals surface area contributed by atoms with Crippen molar-refractivity contribution in [2.45, 2.75) is 59.4 Å². The van der Waals surface area contributed by atoms with Gasteiger partial charge >= 0.3 is 0 Å². The van der Waals surface area contributed by atoms with E-state index < -0.39 is 0 Å². The van der Waals surface area contributed by atoms with Crippen molar-refractivity contribution in [2.24, 2.45) is 5.92 Å². The number of hydrogen-bond donors (Lipinski definition) is 0. The predicted molar refractivity (Wildman–Crippen MR) is 73.9 cm³/mol. The number of rotatable bonds is 8. The third kappa shape index (κ3) is 5.33. The Kier molecular flexibility index (Phi) is 9.00. The normalized spacial score (nSPS) is 11.2. The van der Waals surface area contributed by atoms with Crippen molar-refractivity contribution < 1.29 is 4.79 Å². The van der Waals surface area contributed by atoms with Gasteiger partial charge in [-0.15, -0.1) is 0 Å². The molecule has 0 saturated heterocycles. The summed E-state index contributed by atoms with van der Waals surface area (Å²) in [5.41, 5.74) is 0. The fourth-order valence-electron chi connectivity index (χ4n) is 2.04. The van der Waals surface area contributed by atoms with Gasteiger partial charge in [-0.1, -0.05) is 42.6 Å². The van der Waals surface area contributed by atoms with Gasteiger partial charge in [0.2, 0.25) is 5.91 Å². The van der Waals surface area contributed by atoms with Gasteiger partial charge in [0.05, 0.1) is 0 Å². The van der Waals surface area contributed by atoms with Crippen LogP contribution in [0.25, 0.3) is 0 Å². The van der Waals surface area contributed by atoms with Crippen LogP contribution in [0.15, 0.2) is 0 Å². The Hall–Kier alpha value is -0.0500. The van der Waals surface area contributed by atoms with Crippen molar-refractivity contribution in [3.05, 3.63) is 0 Å². The van der Waals surface area contributed by atoms with Gasteiger partial charge in [-0.05, 0) is 26.7 Å². The van der Waals surface area contributed by atoms with E-state index in [1.54, 1.807) is 0 Å². The molecule has 0 atom stereocenters. The summed E-state index contributed by atoms with van der Waals surface area (Å²) < 4.78 is 0. The van der Waals surface area contributed by atoms with Crippen LogP contribution in [0.4, 0.5) is 0 Å². The summed E-state index contributed by atoms with van der Waals surface area (Å²) in [6.07, 6.45) is 4.24. The lowest BCUT2D eigenvalue weighted by molar-refractivity contribution is -0.137. The molecule has 0 N–H and O–H groups in total. The molecular formula is C13H26BrNO. The van der Waals surface area contributed by atoms with Crippen LogP contribution < -0.4 is 0 Å². The number of hydrogen-bond acceptors (Lipinski definition) is 1. The SMILES string of the molecule is CCCC(CCC)C(=O)N(CCBr)C(C)C. The molecule has 0 aliphatic carbocycles. The first kappa shape index (κ1) is 16.0. The van der Waals surface area contributed by atoms with Crippen LogP contribution in [0.5, 0.6) is 0 Å². The highest BCUT2D eigenvalue weighted by Crippen LogP contribution is 2.18. The van der Waals surface area contributed by atoms with Crippen LogP contribution in [-0.2, 0) is 4.79 Å². The van der Waals surface area contributed by atoms with E-state index >= 15 is 0 Å². The number of amides is 1. The first-order valence-corrected chi connectivity index (χ1v) is 7.56. The van der Waals surface area contributed by atoms with E-state index in [1.165, 1.54) is 0 Å². The van der Waals surface area contributed by atoms with E-state index in [0.717, 1.165) is 37.6 Å². The summed E-state index contributed by atoms with van der Waals surface area (Å²) in [6.45, 7) is 9.31. The lowest BCUT2D eigenvalue weighted by atomic mass is 9.96. The molecule has 0 radical (unpaired) electrons. The third-order valence-corrected chi connectivity index (χ3v) is 3.21. The number of carbonyl (C=O) groups excluding carboxylic acids is 1. The Morgan fingerprint density at radius 3 is 2.00 bits per heavy atom. The Morgan fingerprint density at radius 1 is 1.19 bits per heavy atom. The predicted octanol–water partition coefficient (Wildman–Crippen LogP) is 3.83. The van der Waals surface area contributed by atoms with E-state index in [1.807, 2.05) is 4.90 Å². The van der Waals surface area contributed by atoms with Crippen LogP contribution in [0, 0.1) is 5.92 Å². The van der Waals surface area contributed by atoms with Crippen molar-refractivity contribution in [3.8, 4) is 0 Å². The topological polar surface area (TPSA) is 20.3 Å². The first-order valence-electron chi connectivity index (χ1n) is 6.44. The van der Waals surface area contributed by atoms with E-state index in [9.17, 15) is 4.79 Å². The lowest BCUT2D eigenvalue weighted by Crippen LogP contribution is -2.42. The fraction of sp³-hybridized carbons (Fsp3) is 0.923. The summed E-state index contributed by atoms with van der Waals surface area (Å²) in [4.78, 5) is 14.4. The van der Waals surface area contributed by atoms with Crippen LogP contribution in [-0.4, -0.2) is 28.7 Å². The molecule has 3 heteroatoms. The van der Waals surface area contributed by atoms with Crippen molar-refractivity contribution in [1.82, 2.24) is 4.90 Å². The number of halogens is 1. The molecule has 0 aromatic rings. The van der Waals surface area contributed by atoms with Crippen molar-refractivity contribution in [3.63, 3.8) is 0 Å². The second-order valence-corrected chi connectivity index (χ2v) is 5.38. The summed E-state index contributed by atoms with van der Waals surface area (Å²) in [7, 11) is 0. The molecule has 0 aliphatic heterocycles. The molecular weight excluding hydrogens is 266 g/mol. The zero-order valence-corrected chi connectivity index (χ0v) is 12.7. The van der Waals surface area contributed by atoms with Crippen LogP contribution in [0.3, 0.4) is 0 Å². The maximum absolute atomic E-state index is 12.4. The monoisotopic (exact) mass is 291 g/mol. The minimum absolute atomic E-state index is 0.233. The van der Waals surface area contributed by atoms with Gasteiger partial charge in [-0.3, -0.25) is 4.79 Å². The standard InChI is InChI=1S/C13H26BrNO/c1-5-7-12(8-6-2)13(16)15(10-9-14)11(3)4/h11-12H,5-10H2,1-4H3. The summed E-state index contributed by atoms with van der Waals surface area (Å²) in [6, 6.07) is 0.307. The van der Waals surface area contributed by atoms with Gasteiger partial charge in [0, 0.05) is 23.8 Å². The second kappa shape index (κ2) is 9.03. The molecule has 16 heavy (non-hydrogen) atoms. The molecule has 2 nitrogen and oxygen atoms in total. The number of alkyl halides is 1. The third-order valence-electron chi connectivity index (χ3n) is 2.86. The molecule has 96 valence electrons. The molecule has 0 aromatic heterocycles. The van der Waals surface area contributed by atoms with Crippen molar-refractivity contribution in [2.75, 3.05) is 11.9 Å². The number of carbonyl (C=O) groups is 1. The molecule has 0 bridgehead atoms. The van der Waals surface area contributed by atoms with E-state index in [4.69, 9.17) is 0 Å². The van der Waals surface area contributed by atoms with E-state index in [-0.39, 0.29) is 5.92 Å². The Morgan fingerprint density at radius 2 is 1.69 bits per heavy atom. The second-order valence-electron chi connectivity index (χ2n) is 4.59. The minimum Gasteiger partial charge on any atom is -0.339 e. The summed E-state index contributed by atoms with van der Waals surface area (Å²) in [5.74, 6) is 0.578. The molecule has 0 saturated carbocycles. The zero-order chi connectivity index (χ0) is 12.6. The Labute approximate surface area is 109 Å². The van der Waals surface area contributed by atoms with E-state index in [0.29, 0.717) is 11.9 Å². The average Bonchev–Trinajstić information content (AvgIpc) is 2.24. The number of nitrogens with zero attached hydrogens (tertiary/aromatic N) is 1. The van der Waals surface area contributed by atoms with E-state index in [2.05, 4.69) is 43.6 Å². The Balaban J connectivity index is 4.51. The van der Waals surface area contributed by atoms with Gasteiger partial charge < -0.3 is 4.90 Å². The molecule has 1 amide bonds. The average molecular weight is 292 g/mol. The van der Waals surface area contributed by atoms with Crippen molar-refractivity contribution >= 4 is 21.8 Å². The van der Waals surface area contributed by atoms with Crippen LogP contribution in [0.2, 0.25) is 0 Å². The smallest absolute Gasteiger partial charge is 0.225 e. The zero-order valence-electron chi connectivity index (χ0n) is 11.1. The molecule has 0 unspecified atom stereocenters. The van der Waals surface area contributed by atoms with Gasteiger partial charge in [-0.25, -0.2) is 0 Å². The summed E-state index contributed by atoms with van der Waals surface area (Å²) in [5, 5.41) is 0.863. The molecule has 0 heterocycles. The molecule has 0 fully saturated rings. The highest BCUT2D eigenvalue weighted by atomic mass is 79.9. The maximum Gasteiger partial charge on any atom is 0.225 e. The van der Waals surface area contributed by atoms with Gasteiger partial charge in [0.25, 0.3) is 0 Å². The fourth-order valence-corrected chi connectivity index (χ4v) is 2.42. The van der Waals surface area contributed by atoms with Gasteiger partial charge in [-0.2, -0.15) is 0 Å². The minimum atomic E-state index is 0.233. The van der Waals surface area contributed by atoms with Crippen LogP contribution in [0.1, 0.15) is 53.4 Å². The molecule has 0 aromatic carbocycles. The van der Waals surface area contributed by atoms with Crippen molar-refractivity contribution in [1.29, 1.82) is 0 Å². The summed E-state index contributed by atoms with van der Waals surface area (Å²) >= 11 is 3.42. The molecule has 0 spiro atoms. The maximum atomic E-state index is 12.4. The first-order chi connectivity index (χ1) is 7.58. The highest BCUT2D eigenvalue weighted by molar-refractivity contribution is 9.09.